The Morgan fingerprint density at radius 1 is 1.15 bits per heavy atom. The highest BCUT2D eigenvalue weighted by Crippen LogP contribution is 2.24. The van der Waals surface area contributed by atoms with Gasteiger partial charge in [-0.3, -0.25) is 4.90 Å². The maximum atomic E-state index is 5.44. The van der Waals surface area contributed by atoms with Gasteiger partial charge in [0.15, 0.2) is 0 Å². The minimum absolute atomic E-state index is 0.318. The first kappa shape index (κ1) is 15.3. The van der Waals surface area contributed by atoms with Crippen LogP contribution in [0.2, 0.25) is 0 Å². The molecule has 1 aliphatic heterocycles. The number of nitrogens with zero attached hydrogens (tertiary/aromatic N) is 1. The maximum Gasteiger partial charge on any atom is 0.123 e. The number of hydrogen-bond acceptors (Lipinski definition) is 3. The van der Waals surface area contributed by atoms with Crippen molar-refractivity contribution in [3.05, 3.63) is 29.8 Å². The zero-order chi connectivity index (χ0) is 14.4. The number of likely N-dealkylation sites (tertiary alicyclic amines) is 1. The average molecular weight is 276 g/mol. The van der Waals surface area contributed by atoms with Gasteiger partial charge in [0.2, 0.25) is 0 Å². The second kappa shape index (κ2) is 7.65. The Hall–Kier alpha value is -1.06. The molecule has 20 heavy (non-hydrogen) atoms. The third-order valence-corrected chi connectivity index (χ3v) is 4.34. The van der Waals surface area contributed by atoms with E-state index in [-0.39, 0.29) is 0 Å². The first-order valence-electron chi connectivity index (χ1n) is 7.82. The predicted octanol–water partition coefficient (Wildman–Crippen LogP) is 3.22. The van der Waals surface area contributed by atoms with Crippen LogP contribution in [0.1, 0.15) is 44.7 Å². The van der Waals surface area contributed by atoms with Gasteiger partial charge in [-0.2, -0.15) is 0 Å². The number of methoxy groups -OCH3 is 1. The van der Waals surface area contributed by atoms with E-state index in [1.54, 1.807) is 7.11 Å². The van der Waals surface area contributed by atoms with Gasteiger partial charge in [0.1, 0.15) is 5.75 Å². The molecule has 0 spiro atoms. The van der Waals surface area contributed by atoms with Crippen LogP contribution in [0.15, 0.2) is 24.3 Å². The van der Waals surface area contributed by atoms with Crippen LogP contribution in [0, 0.1) is 0 Å². The summed E-state index contributed by atoms with van der Waals surface area (Å²) in [5, 5.41) is 3.65. The van der Waals surface area contributed by atoms with Gasteiger partial charge in [-0.05, 0) is 45.8 Å². The van der Waals surface area contributed by atoms with Gasteiger partial charge in [-0.25, -0.2) is 0 Å². The summed E-state index contributed by atoms with van der Waals surface area (Å²) < 4.78 is 5.44. The van der Waals surface area contributed by atoms with E-state index in [4.69, 9.17) is 4.74 Å². The Labute approximate surface area is 123 Å². The molecule has 1 heterocycles. The van der Waals surface area contributed by atoms with E-state index in [9.17, 15) is 0 Å². The largest absolute Gasteiger partial charge is 0.496 e. The van der Waals surface area contributed by atoms with E-state index >= 15 is 0 Å². The van der Waals surface area contributed by atoms with Gasteiger partial charge in [0, 0.05) is 24.2 Å². The molecule has 2 rings (SSSR count). The SMILES string of the molecule is COc1ccccc1C(C)NCC(C)N1CCCCC1. The zero-order valence-electron chi connectivity index (χ0n) is 13.1. The van der Waals surface area contributed by atoms with Crippen molar-refractivity contribution in [1.29, 1.82) is 0 Å². The standard InChI is InChI=1S/C17H28N2O/c1-14(19-11-7-4-8-12-19)13-18-15(2)16-9-5-6-10-17(16)20-3/h5-6,9-10,14-15,18H,4,7-8,11-13H2,1-3H3. The molecular formula is C17H28N2O. The quantitative estimate of drug-likeness (QED) is 0.863. The molecule has 2 atom stereocenters. The van der Waals surface area contributed by atoms with Crippen molar-refractivity contribution < 1.29 is 4.74 Å². The van der Waals surface area contributed by atoms with Crippen molar-refractivity contribution in [2.45, 2.75) is 45.2 Å². The Morgan fingerprint density at radius 2 is 1.85 bits per heavy atom. The molecule has 0 aliphatic carbocycles. The fourth-order valence-corrected chi connectivity index (χ4v) is 2.97. The number of rotatable bonds is 6. The van der Waals surface area contributed by atoms with Gasteiger partial charge >= 0.3 is 0 Å². The molecule has 0 radical (unpaired) electrons. The molecule has 1 aromatic carbocycles. The molecule has 112 valence electrons. The average Bonchev–Trinajstić information content (AvgIpc) is 2.53. The van der Waals surface area contributed by atoms with Crippen LogP contribution < -0.4 is 10.1 Å². The summed E-state index contributed by atoms with van der Waals surface area (Å²) in [6.07, 6.45) is 4.10. The number of ether oxygens (including phenoxy) is 1. The molecule has 0 saturated carbocycles. The molecule has 2 unspecified atom stereocenters. The monoisotopic (exact) mass is 276 g/mol. The lowest BCUT2D eigenvalue weighted by molar-refractivity contribution is 0.168. The smallest absolute Gasteiger partial charge is 0.123 e. The normalized spacial score (nSPS) is 19.6. The van der Waals surface area contributed by atoms with Crippen molar-refractivity contribution in [1.82, 2.24) is 10.2 Å². The highest BCUT2D eigenvalue weighted by Gasteiger charge is 2.18. The summed E-state index contributed by atoms with van der Waals surface area (Å²) in [5.41, 5.74) is 1.24. The van der Waals surface area contributed by atoms with Gasteiger partial charge < -0.3 is 10.1 Å². The lowest BCUT2D eigenvalue weighted by Crippen LogP contribution is -2.43. The maximum absolute atomic E-state index is 5.44. The highest BCUT2D eigenvalue weighted by atomic mass is 16.5. The first-order valence-corrected chi connectivity index (χ1v) is 7.82. The van der Waals surface area contributed by atoms with Crippen molar-refractivity contribution in [2.24, 2.45) is 0 Å². The van der Waals surface area contributed by atoms with Crippen molar-refractivity contribution in [3.8, 4) is 5.75 Å². The van der Waals surface area contributed by atoms with Crippen LogP contribution in [0.25, 0.3) is 0 Å². The second-order valence-electron chi connectivity index (χ2n) is 5.82. The van der Waals surface area contributed by atoms with Crippen LogP contribution in [0.3, 0.4) is 0 Å². The summed E-state index contributed by atoms with van der Waals surface area (Å²) in [6, 6.07) is 9.19. The second-order valence-corrected chi connectivity index (χ2v) is 5.82. The summed E-state index contributed by atoms with van der Waals surface area (Å²) >= 11 is 0. The third-order valence-electron chi connectivity index (χ3n) is 4.34. The molecular weight excluding hydrogens is 248 g/mol. The molecule has 3 nitrogen and oxygen atoms in total. The lowest BCUT2D eigenvalue weighted by atomic mass is 10.1. The molecule has 1 aromatic rings. The minimum Gasteiger partial charge on any atom is -0.496 e. The zero-order valence-corrected chi connectivity index (χ0v) is 13.1. The summed E-state index contributed by atoms with van der Waals surface area (Å²) in [4.78, 5) is 2.60. The first-order chi connectivity index (χ1) is 9.72. The Balaban J connectivity index is 1.86. The van der Waals surface area contributed by atoms with Crippen LogP contribution in [-0.4, -0.2) is 37.7 Å². The van der Waals surface area contributed by atoms with E-state index in [1.165, 1.54) is 37.9 Å². The summed E-state index contributed by atoms with van der Waals surface area (Å²) in [7, 11) is 1.74. The molecule has 1 fully saturated rings. The summed E-state index contributed by atoms with van der Waals surface area (Å²) in [6.45, 7) is 8.07. The van der Waals surface area contributed by atoms with E-state index in [2.05, 4.69) is 36.2 Å². The van der Waals surface area contributed by atoms with E-state index in [1.807, 2.05) is 12.1 Å². The Bertz CT molecular complexity index is 402. The third kappa shape index (κ3) is 3.97. The summed E-state index contributed by atoms with van der Waals surface area (Å²) in [5.74, 6) is 0.970. The molecule has 0 amide bonds. The molecule has 3 heteroatoms. The van der Waals surface area contributed by atoms with Crippen molar-refractivity contribution >= 4 is 0 Å². The van der Waals surface area contributed by atoms with Gasteiger partial charge in [0.25, 0.3) is 0 Å². The van der Waals surface area contributed by atoms with E-state index in [0.29, 0.717) is 12.1 Å². The number of piperidine rings is 1. The van der Waals surface area contributed by atoms with E-state index in [0.717, 1.165) is 12.3 Å². The fourth-order valence-electron chi connectivity index (χ4n) is 2.97. The predicted molar refractivity (Wildman–Crippen MR) is 84.3 cm³/mol. The highest BCUT2D eigenvalue weighted by molar-refractivity contribution is 5.35. The van der Waals surface area contributed by atoms with E-state index < -0.39 is 0 Å². The number of hydrogen-bond donors (Lipinski definition) is 1. The van der Waals surface area contributed by atoms with Crippen LogP contribution in [0.5, 0.6) is 5.75 Å². The number of benzene rings is 1. The molecule has 1 N–H and O–H groups in total. The number of para-hydroxylation sites is 1. The Kier molecular flexibility index (Phi) is 5.86. The molecule has 1 aliphatic rings. The lowest BCUT2D eigenvalue weighted by Gasteiger charge is -2.33. The topological polar surface area (TPSA) is 24.5 Å². The van der Waals surface area contributed by atoms with Crippen LogP contribution in [0.4, 0.5) is 0 Å². The van der Waals surface area contributed by atoms with Crippen LogP contribution in [-0.2, 0) is 0 Å². The van der Waals surface area contributed by atoms with Gasteiger partial charge in [-0.15, -0.1) is 0 Å². The number of nitrogens with one attached hydrogen (secondary N) is 1. The van der Waals surface area contributed by atoms with Crippen LogP contribution >= 0.6 is 0 Å². The minimum atomic E-state index is 0.318. The molecule has 0 aromatic heterocycles. The van der Waals surface area contributed by atoms with Crippen molar-refractivity contribution in [3.63, 3.8) is 0 Å². The van der Waals surface area contributed by atoms with Gasteiger partial charge in [0.05, 0.1) is 7.11 Å². The fraction of sp³-hybridized carbons (Fsp3) is 0.647. The molecule has 0 bridgehead atoms. The van der Waals surface area contributed by atoms with Crippen molar-refractivity contribution in [2.75, 3.05) is 26.7 Å². The Morgan fingerprint density at radius 3 is 2.55 bits per heavy atom. The van der Waals surface area contributed by atoms with Gasteiger partial charge in [-0.1, -0.05) is 24.6 Å². The molecule has 1 saturated heterocycles.